The van der Waals surface area contributed by atoms with Gasteiger partial charge >= 0.3 is 6.02 Å². The van der Waals surface area contributed by atoms with E-state index in [0.717, 1.165) is 19.3 Å². The van der Waals surface area contributed by atoms with Gasteiger partial charge in [0.05, 0.1) is 10.6 Å². The minimum absolute atomic E-state index is 0.00957. The minimum atomic E-state index is -3.48. The smallest absolute Gasteiger partial charge is 0.309 e. The lowest BCUT2D eigenvalue weighted by Crippen LogP contribution is -2.35. The first kappa shape index (κ1) is 18.9. The fraction of sp³-hybridized carbons (Fsp3) is 0.263. The van der Waals surface area contributed by atoms with Crippen molar-refractivity contribution in [2.24, 2.45) is 4.99 Å². The highest BCUT2D eigenvalue weighted by Gasteiger charge is 2.25. The van der Waals surface area contributed by atoms with Crippen LogP contribution in [0.15, 0.2) is 64.5 Å². The number of amidine groups is 1. The lowest BCUT2D eigenvalue weighted by atomic mass is 10.2. The molecule has 1 fully saturated rings. The number of nitriles is 1. The summed E-state index contributed by atoms with van der Waals surface area (Å²) >= 11 is 0. The van der Waals surface area contributed by atoms with Crippen molar-refractivity contribution in [3.05, 3.63) is 54.6 Å². The molecule has 0 aromatic heterocycles. The van der Waals surface area contributed by atoms with Gasteiger partial charge in [0.15, 0.2) is 6.19 Å². The predicted molar refractivity (Wildman–Crippen MR) is 102 cm³/mol. The van der Waals surface area contributed by atoms with Crippen molar-refractivity contribution in [3.8, 4) is 11.9 Å². The van der Waals surface area contributed by atoms with Crippen molar-refractivity contribution in [2.45, 2.75) is 24.2 Å². The normalized spacial score (nSPS) is 15.7. The van der Waals surface area contributed by atoms with E-state index in [-0.39, 0.29) is 10.9 Å². The second-order valence-corrected chi connectivity index (χ2v) is 7.97. The van der Waals surface area contributed by atoms with Gasteiger partial charge in [-0.3, -0.25) is 0 Å². The number of hydrogen-bond donors (Lipinski definition) is 1. The maximum Gasteiger partial charge on any atom is 0.309 e. The Bertz CT molecular complexity index is 929. The number of nitrogens with zero attached hydrogens (tertiary/aromatic N) is 3. The zero-order valence-corrected chi connectivity index (χ0v) is 15.5. The van der Waals surface area contributed by atoms with E-state index in [0.29, 0.717) is 24.5 Å². The van der Waals surface area contributed by atoms with E-state index in [1.807, 2.05) is 6.07 Å². The summed E-state index contributed by atoms with van der Waals surface area (Å²) in [7, 11) is -3.48. The number of piperidine rings is 1. The summed E-state index contributed by atoms with van der Waals surface area (Å²) in [6, 6.07) is 15.2. The van der Waals surface area contributed by atoms with Gasteiger partial charge in [-0.2, -0.15) is 14.6 Å². The Labute approximate surface area is 159 Å². The zero-order valence-electron chi connectivity index (χ0n) is 14.7. The second-order valence-electron chi connectivity index (χ2n) is 6.03. The monoisotopic (exact) mass is 384 g/mol. The van der Waals surface area contributed by atoms with E-state index < -0.39 is 10.0 Å². The molecule has 0 unspecified atom stereocenters. The third kappa shape index (κ3) is 4.84. The fourth-order valence-electron chi connectivity index (χ4n) is 2.79. The number of benzene rings is 2. The quantitative estimate of drug-likeness (QED) is 0.378. The molecule has 8 heteroatoms. The van der Waals surface area contributed by atoms with E-state index in [2.05, 4.69) is 10.3 Å². The van der Waals surface area contributed by atoms with Crippen LogP contribution in [0.2, 0.25) is 0 Å². The molecule has 1 saturated heterocycles. The lowest BCUT2D eigenvalue weighted by Gasteiger charge is -2.25. The summed E-state index contributed by atoms with van der Waals surface area (Å²) in [5.74, 6) is 0.531. The van der Waals surface area contributed by atoms with Crippen LogP contribution in [0.25, 0.3) is 0 Å². The van der Waals surface area contributed by atoms with Crippen LogP contribution in [0.4, 0.5) is 5.69 Å². The molecule has 1 heterocycles. The summed E-state index contributed by atoms with van der Waals surface area (Å²) < 4.78 is 32.4. The van der Waals surface area contributed by atoms with E-state index in [1.165, 1.54) is 16.4 Å². The molecule has 2 aromatic rings. The van der Waals surface area contributed by atoms with Crippen molar-refractivity contribution in [1.82, 2.24) is 9.62 Å². The van der Waals surface area contributed by atoms with Gasteiger partial charge in [0, 0.05) is 13.1 Å². The molecule has 27 heavy (non-hydrogen) atoms. The van der Waals surface area contributed by atoms with Gasteiger partial charge in [0.25, 0.3) is 0 Å². The molecule has 1 aliphatic heterocycles. The molecule has 0 amide bonds. The van der Waals surface area contributed by atoms with Crippen molar-refractivity contribution in [1.29, 1.82) is 5.26 Å². The van der Waals surface area contributed by atoms with Gasteiger partial charge < -0.3 is 4.74 Å². The molecule has 0 saturated carbocycles. The highest BCUT2D eigenvalue weighted by molar-refractivity contribution is 7.89. The fourth-order valence-corrected chi connectivity index (χ4v) is 4.31. The molecular formula is C19H20N4O3S. The second kappa shape index (κ2) is 8.66. The third-order valence-electron chi connectivity index (χ3n) is 4.14. The maximum atomic E-state index is 12.7. The van der Waals surface area contributed by atoms with Gasteiger partial charge in [-0.15, -0.1) is 0 Å². The van der Waals surface area contributed by atoms with E-state index in [1.54, 1.807) is 42.6 Å². The molecule has 2 aromatic carbocycles. The largest absolute Gasteiger partial charge is 0.425 e. The molecule has 0 bridgehead atoms. The van der Waals surface area contributed by atoms with Crippen LogP contribution in [-0.4, -0.2) is 31.8 Å². The first-order valence-electron chi connectivity index (χ1n) is 8.66. The Morgan fingerprint density at radius 3 is 2.33 bits per heavy atom. The Morgan fingerprint density at radius 1 is 1.04 bits per heavy atom. The molecule has 7 nitrogen and oxygen atoms in total. The number of hydrogen-bond acceptors (Lipinski definition) is 5. The van der Waals surface area contributed by atoms with E-state index >= 15 is 0 Å². The number of sulfonamides is 1. The van der Waals surface area contributed by atoms with Crippen LogP contribution in [-0.2, 0) is 10.0 Å². The van der Waals surface area contributed by atoms with Crippen LogP contribution < -0.4 is 10.1 Å². The third-order valence-corrected chi connectivity index (χ3v) is 6.05. The maximum absolute atomic E-state index is 12.7. The Balaban J connectivity index is 1.78. The highest BCUT2D eigenvalue weighted by atomic mass is 32.2. The topological polar surface area (TPSA) is 94.8 Å². The van der Waals surface area contributed by atoms with Gasteiger partial charge in [-0.1, -0.05) is 24.6 Å². The van der Waals surface area contributed by atoms with Crippen molar-refractivity contribution in [3.63, 3.8) is 0 Å². The summed E-state index contributed by atoms with van der Waals surface area (Å²) in [6.45, 7) is 1.12. The van der Waals surface area contributed by atoms with Gasteiger partial charge in [0.1, 0.15) is 5.75 Å². The highest BCUT2D eigenvalue weighted by Crippen LogP contribution is 2.23. The first-order chi connectivity index (χ1) is 13.1. The summed E-state index contributed by atoms with van der Waals surface area (Å²) in [6.07, 6.45) is 4.62. The average Bonchev–Trinajstić information content (AvgIpc) is 2.70. The summed E-state index contributed by atoms with van der Waals surface area (Å²) in [5.41, 5.74) is 0.473. The molecule has 0 atom stereocenters. The molecule has 1 aliphatic rings. The van der Waals surface area contributed by atoms with Crippen LogP contribution in [0, 0.1) is 11.5 Å². The Hall–Kier alpha value is -2.89. The molecule has 3 rings (SSSR count). The van der Waals surface area contributed by atoms with Gasteiger partial charge in [-0.25, -0.2) is 13.7 Å². The van der Waals surface area contributed by atoms with Crippen LogP contribution in [0.5, 0.6) is 5.75 Å². The molecule has 0 radical (unpaired) electrons. The Kier molecular flexibility index (Phi) is 6.06. The minimum Gasteiger partial charge on any atom is -0.425 e. The van der Waals surface area contributed by atoms with E-state index in [4.69, 9.17) is 10.00 Å². The predicted octanol–water partition coefficient (Wildman–Crippen LogP) is 3.00. The lowest BCUT2D eigenvalue weighted by molar-refractivity contribution is 0.346. The summed E-state index contributed by atoms with van der Waals surface area (Å²) in [5, 5.41) is 11.3. The molecule has 1 N–H and O–H groups in total. The number of ether oxygens (including phenoxy) is 1. The molecule has 0 spiro atoms. The van der Waals surface area contributed by atoms with Crippen molar-refractivity contribution in [2.75, 3.05) is 13.1 Å². The summed E-state index contributed by atoms with van der Waals surface area (Å²) in [4.78, 5) is 4.47. The zero-order chi connectivity index (χ0) is 19.1. The van der Waals surface area contributed by atoms with Crippen molar-refractivity contribution < 1.29 is 13.2 Å². The standard InChI is InChI=1S/C19H20N4O3S/c20-15-21-19(26-17-7-3-1-4-8-17)22-16-9-11-18(12-10-16)27(24,25)23-13-5-2-6-14-23/h1,3-4,7-12H,2,5-6,13-14H2,(H,21,22). The van der Waals surface area contributed by atoms with Crippen LogP contribution >= 0.6 is 0 Å². The van der Waals surface area contributed by atoms with Crippen LogP contribution in [0.3, 0.4) is 0 Å². The van der Waals surface area contributed by atoms with E-state index in [9.17, 15) is 8.42 Å². The van der Waals surface area contributed by atoms with Crippen LogP contribution in [0.1, 0.15) is 19.3 Å². The number of rotatable bonds is 4. The van der Waals surface area contributed by atoms with Gasteiger partial charge in [-0.05, 0) is 49.2 Å². The number of aliphatic imine (C=N–C) groups is 1. The Morgan fingerprint density at radius 2 is 1.70 bits per heavy atom. The van der Waals surface area contributed by atoms with Gasteiger partial charge in [0.2, 0.25) is 10.0 Å². The number of nitrogens with one attached hydrogen (secondary N) is 1. The first-order valence-corrected chi connectivity index (χ1v) is 10.1. The SMILES string of the molecule is N#CNC(=Nc1ccc(S(=O)(=O)N2CCCCC2)cc1)Oc1ccccc1. The average molecular weight is 384 g/mol. The van der Waals surface area contributed by atoms with Crippen molar-refractivity contribution >= 4 is 21.7 Å². The molecular weight excluding hydrogens is 364 g/mol. The molecule has 0 aliphatic carbocycles. The molecule has 140 valence electrons. The number of para-hydroxylation sites is 1.